The van der Waals surface area contributed by atoms with Crippen molar-refractivity contribution in [2.75, 3.05) is 0 Å². The number of aromatic nitrogens is 2. The summed E-state index contributed by atoms with van der Waals surface area (Å²) in [6.07, 6.45) is 1.32. The zero-order valence-electron chi connectivity index (χ0n) is 11.4. The molecule has 0 saturated heterocycles. The van der Waals surface area contributed by atoms with E-state index >= 15 is 0 Å². The maximum absolute atomic E-state index is 9.23. The Morgan fingerprint density at radius 1 is 0.636 bits per heavy atom. The molecule has 0 unspecified atom stereocenters. The van der Waals surface area contributed by atoms with Crippen molar-refractivity contribution < 1.29 is 19.7 Å². The third-order valence-corrected chi connectivity index (χ3v) is 2.74. The van der Waals surface area contributed by atoms with E-state index in [0.29, 0.717) is 23.3 Å². The second-order valence-electron chi connectivity index (χ2n) is 4.39. The smallest absolute Gasteiger partial charge is 0.226 e. The van der Waals surface area contributed by atoms with Crippen molar-refractivity contribution in [3.8, 4) is 34.8 Å². The zero-order valence-corrected chi connectivity index (χ0v) is 11.4. The molecule has 0 aliphatic carbocycles. The van der Waals surface area contributed by atoms with Crippen LogP contribution in [-0.4, -0.2) is 20.2 Å². The first kappa shape index (κ1) is 13.7. The van der Waals surface area contributed by atoms with E-state index in [9.17, 15) is 10.2 Å². The molecule has 2 aromatic carbocycles. The average molecular weight is 296 g/mol. The van der Waals surface area contributed by atoms with Crippen molar-refractivity contribution in [2.45, 2.75) is 0 Å². The van der Waals surface area contributed by atoms with Crippen molar-refractivity contribution in [1.29, 1.82) is 0 Å². The summed E-state index contributed by atoms with van der Waals surface area (Å²) in [6, 6.07) is 14.1. The van der Waals surface area contributed by atoms with E-state index in [1.54, 1.807) is 30.3 Å². The van der Waals surface area contributed by atoms with Gasteiger partial charge >= 0.3 is 0 Å². The number of benzene rings is 2. The Bertz CT molecular complexity index is 695. The van der Waals surface area contributed by atoms with Crippen molar-refractivity contribution >= 4 is 0 Å². The number of hydrogen-bond acceptors (Lipinski definition) is 6. The van der Waals surface area contributed by atoms with Crippen LogP contribution in [0.3, 0.4) is 0 Å². The van der Waals surface area contributed by atoms with E-state index in [0.717, 1.165) is 0 Å². The van der Waals surface area contributed by atoms with Gasteiger partial charge < -0.3 is 19.7 Å². The predicted molar refractivity (Wildman–Crippen MR) is 78.4 cm³/mol. The molecule has 0 amide bonds. The topological polar surface area (TPSA) is 84.7 Å². The maximum atomic E-state index is 9.23. The third-order valence-electron chi connectivity index (χ3n) is 2.74. The summed E-state index contributed by atoms with van der Waals surface area (Å²) in [4.78, 5) is 7.99. The number of phenols is 2. The molecular weight excluding hydrogens is 284 g/mol. The summed E-state index contributed by atoms with van der Waals surface area (Å²) < 4.78 is 11.1. The third kappa shape index (κ3) is 3.43. The van der Waals surface area contributed by atoms with Crippen LogP contribution in [0.4, 0.5) is 0 Å². The Balaban J connectivity index is 1.74. The highest BCUT2D eigenvalue weighted by Gasteiger charge is 2.04. The van der Waals surface area contributed by atoms with Gasteiger partial charge in [0.15, 0.2) is 0 Å². The Kier molecular flexibility index (Phi) is 3.74. The standard InChI is InChI=1S/C16H12N2O4/c19-11-1-5-13(6-2-11)21-15-9-16(18-10-17-15)22-14-7-3-12(20)4-8-14/h1-10,19-20H. The van der Waals surface area contributed by atoms with Crippen LogP contribution >= 0.6 is 0 Å². The number of phenolic OH excluding ortho intramolecular Hbond substituents is 2. The number of nitrogens with zero attached hydrogens (tertiary/aromatic N) is 2. The van der Waals surface area contributed by atoms with Crippen LogP contribution in [0, 0.1) is 0 Å². The molecule has 3 aromatic rings. The molecule has 3 rings (SSSR count). The zero-order chi connectivity index (χ0) is 15.4. The van der Waals surface area contributed by atoms with E-state index in [2.05, 4.69) is 9.97 Å². The quantitative estimate of drug-likeness (QED) is 0.766. The first-order valence-corrected chi connectivity index (χ1v) is 6.45. The van der Waals surface area contributed by atoms with Gasteiger partial charge in [0.1, 0.15) is 29.3 Å². The molecule has 0 spiro atoms. The molecule has 6 heteroatoms. The molecule has 0 aliphatic rings. The molecule has 2 N–H and O–H groups in total. The van der Waals surface area contributed by atoms with Gasteiger partial charge in [0.05, 0.1) is 6.07 Å². The number of ether oxygens (including phenoxy) is 2. The van der Waals surface area contributed by atoms with Gasteiger partial charge in [-0.3, -0.25) is 0 Å². The van der Waals surface area contributed by atoms with Crippen molar-refractivity contribution in [1.82, 2.24) is 9.97 Å². The summed E-state index contributed by atoms with van der Waals surface area (Å²) in [7, 11) is 0. The Labute approximate surface area is 126 Å². The highest BCUT2D eigenvalue weighted by molar-refractivity contribution is 5.35. The lowest BCUT2D eigenvalue weighted by atomic mass is 10.3. The van der Waals surface area contributed by atoms with Crippen LogP contribution in [0.25, 0.3) is 0 Å². The second-order valence-corrected chi connectivity index (χ2v) is 4.39. The van der Waals surface area contributed by atoms with Crippen molar-refractivity contribution in [3.05, 3.63) is 60.9 Å². The molecule has 6 nitrogen and oxygen atoms in total. The monoisotopic (exact) mass is 296 g/mol. The van der Waals surface area contributed by atoms with Crippen LogP contribution in [0.15, 0.2) is 60.9 Å². The summed E-state index contributed by atoms with van der Waals surface area (Å²) in [5, 5.41) is 18.5. The molecule has 110 valence electrons. The molecule has 0 radical (unpaired) electrons. The number of hydrogen-bond donors (Lipinski definition) is 2. The highest BCUT2D eigenvalue weighted by Crippen LogP contribution is 2.26. The van der Waals surface area contributed by atoms with Crippen LogP contribution in [-0.2, 0) is 0 Å². The van der Waals surface area contributed by atoms with Crippen LogP contribution in [0.2, 0.25) is 0 Å². The molecule has 0 aliphatic heterocycles. The van der Waals surface area contributed by atoms with Crippen molar-refractivity contribution in [2.24, 2.45) is 0 Å². The molecule has 22 heavy (non-hydrogen) atoms. The lowest BCUT2D eigenvalue weighted by molar-refractivity contribution is 0.429. The Hall–Kier alpha value is -3.28. The van der Waals surface area contributed by atoms with Crippen LogP contribution < -0.4 is 9.47 Å². The summed E-state index contributed by atoms with van der Waals surface area (Å²) in [5.74, 6) is 2.01. The Morgan fingerprint density at radius 2 is 1.05 bits per heavy atom. The lowest BCUT2D eigenvalue weighted by Gasteiger charge is -2.07. The first-order chi connectivity index (χ1) is 10.7. The minimum Gasteiger partial charge on any atom is -0.508 e. The van der Waals surface area contributed by atoms with Crippen LogP contribution in [0.5, 0.6) is 34.8 Å². The lowest BCUT2D eigenvalue weighted by Crippen LogP contribution is -1.92. The molecule has 1 heterocycles. The molecular formula is C16H12N2O4. The summed E-state index contributed by atoms with van der Waals surface area (Å²) >= 11 is 0. The van der Waals surface area contributed by atoms with Crippen molar-refractivity contribution in [3.63, 3.8) is 0 Å². The van der Waals surface area contributed by atoms with E-state index in [-0.39, 0.29) is 11.5 Å². The number of rotatable bonds is 4. The second kappa shape index (κ2) is 6.01. The highest BCUT2D eigenvalue weighted by atomic mass is 16.5. The maximum Gasteiger partial charge on any atom is 0.226 e. The van der Waals surface area contributed by atoms with E-state index in [1.165, 1.54) is 30.6 Å². The molecule has 0 bridgehead atoms. The predicted octanol–water partition coefficient (Wildman–Crippen LogP) is 3.47. The van der Waals surface area contributed by atoms with Gasteiger partial charge in [-0.05, 0) is 48.5 Å². The number of aromatic hydroxyl groups is 2. The molecule has 0 fully saturated rings. The van der Waals surface area contributed by atoms with Gasteiger partial charge in [-0.2, -0.15) is 0 Å². The SMILES string of the molecule is Oc1ccc(Oc2cc(Oc3ccc(O)cc3)ncn2)cc1. The molecule has 0 atom stereocenters. The fourth-order valence-corrected chi connectivity index (χ4v) is 1.70. The van der Waals surface area contributed by atoms with Gasteiger partial charge in [-0.1, -0.05) is 0 Å². The van der Waals surface area contributed by atoms with E-state index in [4.69, 9.17) is 9.47 Å². The van der Waals surface area contributed by atoms with Gasteiger partial charge in [0.25, 0.3) is 0 Å². The van der Waals surface area contributed by atoms with Gasteiger partial charge in [-0.15, -0.1) is 0 Å². The molecule has 0 saturated carbocycles. The van der Waals surface area contributed by atoms with E-state index in [1.807, 2.05) is 0 Å². The minimum absolute atomic E-state index is 0.159. The van der Waals surface area contributed by atoms with Gasteiger partial charge in [-0.25, -0.2) is 9.97 Å². The first-order valence-electron chi connectivity index (χ1n) is 6.45. The summed E-state index contributed by atoms with van der Waals surface area (Å²) in [6.45, 7) is 0. The fraction of sp³-hybridized carbons (Fsp3) is 0. The van der Waals surface area contributed by atoms with E-state index < -0.39 is 0 Å². The summed E-state index contributed by atoms with van der Waals surface area (Å²) in [5.41, 5.74) is 0. The molecule has 1 aromatic heterocycles. The minimum atomic E-state index is 0.159. The van der Waals surface area contributed by atoms with Gasteiger partial charge in [0, 0.05) is 0 Å². The average Bonchev–Trinajstić information content (AvgIpc) is 2.52. The van der Waals surface area contributed by atoms with Crippen LogP contribution in [0.1, 0.15) is 0 Å². The van der Waals surface area contributed by atoms with Gasteiger partial charge in [0.2, 0.25) is 11.8 Å². The normalized spacial score (nSPS) is 10.2. The largest absolute Gasteiger partial charge is 0.508 e. The fourth-order valence-electron chi connectivity index (χ4n) is 1.70. The Morgan fingerprint density at radius 3 is 1.45 bits per heavy atom.